The van der Waals surface area contributed by atoms with Crippen LogP contribution in [0.2, 0.25) is 0 Å². The Labute approximate surface area is 139 Å². The van der Waals surface area contributed by atoms with Crippen molar-refractivity contribution in [3.8, 4) is 6.07 Å². The second kappa shape index (κ2) is 7.68. The number of nitrogens with one attached hydrogen (secondary N) is 2. The molecule has 23 heavy (non-hydrogen) atoms. The lowest BCUT2D eigenvalue weighted by Gasteiger charge is -2.32. The number of aromatic amines is 1. The van der Waals surface area contributed by atoms with Gasteiger partial charge in [-0.2, -0.15) is 5.26 Å². The molecule has 2 N–H and O–H groups in total. The average molecular weight is 337 g/mol. The first-order valence-electron chi connectivity index (χ1n) is 8.06. The molecule has 1 heterocycles. The molecular formula is C15H23N5O2S. The highest BCUT2D eigenvalue weighted by molar-refractivity contribution is 8.00. The summed E-state index contributed by atoms with van der Waals surface area (Å²) in [6.45, 7) is 4.31. The maximum atomic E-state index is 12.4. The molecule has 1 atom stereocenters. The van der Waals surface area contributed by atoms with Crippen LogP contribution in [0, 0.1) is 11.3 Å². The Morgan fingerprint density at radius 2 is 2.22 bits per heavy atom. The molecule has 0 spiro atoms. The molecule has 0 radical (unpaired) electrons. The summed E-state index contributed by atoms with van der Waals surface area (Å²) in [4.78, 5) is 24.1. The van der Waals surface area contributed by atoms with Crippen LogP contribution < -0.4 is 11.0 Å². The number of amides is 1. The highest BCUT2D eigenvalue weighted by atomic mass is 32.2. The second-order valence-corrected chi connectivity index (χ2v) is 7.27. The summed E-state index contributed by atoms with van der Waals surface area (Å²) in [6.07, 6.45) is 5.26. The van der Waals surface area contributed by atoms with E-state index < -0.39 is 10.8 Å². The van der Waals surface area contributed by atoms with Gasteiger partial charge in [-0.25, -0.2) is 9.89 Å². The van der Waals surface area contributed by atoms with Crippen LogP contribution in [0.15, 0.2) is 9.95 Å². The van der Waals surface area contributed by atoms with Crippen molar-refractivity contribution in [2.75, 3.05) is 0 Å². The normalized spacial score (nSPS) is 18.1. The van der Waals surface area contributed by atoms with E-state index in [9.17, 15) is 14.9 Å². The van der Waals surface area contributed by atoms with Crippen LogP contribution in [0.3, 0.4) is 0 Å². The summed E-state index contributed by atoms with van der Waals surface area (Å²) in [6, 6.07) is 2.28. The molecule has 126 valence electrons. The quantitative estimate of drug-likeness (QED) is 0.770. The third kappa shape index (κ3) is 4.16. The van der Waals surface area contributed by atoms with Crippen LogP contribution >= 0.6 is 11.8 Å². The van der Waals surface area contributed by atoms with Gasteiger partial charge in [-0.05, 0) is 26.2 Å². The first-order valence-corrected chi connectivity index (χ1v) is 8.94. The summed E-state index contributed by atoms with van der Waals surface area (Å²) in [7, 11) is 0. The number of hydrogen-bond donors (Lipinski definition) is 2. The van der Waals surface area contributed by atoms with Gasteiger partial charge in [0.05, 0.1) is 11.3 Å². The van der Waals surface area contributed by atoms with Gasteiger partial charge in [0, 0.05) is 6.54 Å². The van der Waals surface area contributed by atoms with E-state index in [0.29, 0.717) is 24.5 Å². The van der Waals surface area contributed by atoms with E-state index in [1.165, 1.54) is 16.3 Å². The standard InChI is InChI=1S/C15H23N5O2S/c1-3-9-20-13(22)18-19-14(20)23-11(2)12(21)17-15(10-16)7-5-4-6-8-15/h11H,3-9H2,1-2H3,(H,17,21)(H,18,22)/t11-/m0/s1. The van der Waals surface area contributed by atoms with E-state index in [1.54, 1.807) is 6.92 Å². The minimum absolute atomic E-state index is 0.183. The maximum Gasteiger partial charge on any atom is 0.343 e. The van der Waals surface area contributed by atoms with Gasteiger partial charge in [-0.3, -0.25) is 9.36 Å². The zero-order chi connectivity index (χ0) is 16.9. The highest BCUT2D eigenvalue weighted by Crippen LogP contribution is 2.29. The zero-order valence-corrected chi connectivity index (χ0v) is 14.4. The Hall–Kier alpha value is -1.75. The Bertz CT molecular complexity index is 639. The molecule has 0 saturated heterocycles. The number of aromatic nitrogens is 3. The average Bonchev–Trinajstić information content (AvgIpc) is 2.89. The smallest absolute Gasteiger partial charge is 0.337 e. The fraction of sp³-hybridized carbons (Fsp3) is 0.733. The summed E-state index contributed by atoms with van der Waals surface area (Å²) >= 11 is 1.24. The Balaban J connectivity index is 2.03. The molecule has 1 saturated carbocycles. The van der Waals surface area contributed by atoms with Gasteiger partial charge in [-0.15, -0.1) is 5.10 Å². The molecule has 2 rings (SSSR count). The zero-order valence-electron chi connectivity index (χ0n) is 13.6. The topological polar surface area (TPSA) is 104 Å². The molecule has 1 aromatic heterocycles. The summed E-state index contributed by atoms with van der Waals surface area (Å²) in [5.41, 5.74) is -0.999. The predicted molar refractivity (Wildman–Crippen MR) is 88.0 cm³/mol. The lowest BCUT2D eigenvalue weighted by molar-refractivity contribution is -0.121. The first-order chi connectivity index (χ1) is 11.0. The lowest BCUT2D eigenvalue weighted by atomic mass is 9.83. The third-order valence-electron chi connectivity index (χ3n) is 4.11. The molecular weight excluding hydrogens is 314 g/mol. The van der Waals surface area contributed by atoms with Crippen LogP contribution in [0.4, 0.5) is 0 Å². The van der Waals surface area contributed by atoms with E-state index in [4.69, 9.17) is 0 Å². The van der Waals surface area contributed by atoms with Crippen LogP contribution in [-0.2, 0) is 11.3 Å². The number of nitrogens with zero attached hydrogens (tertiary/aromatic N) is 3. The molecule has 7 nitrogen and oxygen atoms in total. The fourth-order valence-corrected chi connectivity index (χ4v) is 3.67. The molecule has 8 heteroatoms. The van der Waals surface area contributed by atoms with E-state index in [2.05, 4.69) is 21.6 Å². The van der Waals surface area contributed by atoms with Crippen molar-refractivity contribution in [2.45, 2.75) is 74.9 Å². The largest absolute Gasteiger partial charge is 0.343 e. The van der Waals surface area contributed by atoms with Crippen molar-refractivity contribution >= 4 is 17.7 Å². The van der Waals surface area contributed by atoms with Crippen molar-refractivity contribution in [3.05, 3.63) is 10.5 Å². The number of thioether (sulfide) groups is 1. The summed E-state index contributed by atoms with van der Waals surface area (Å²) in [5, 5.41) is 18.8. The number of hydrogen-bond acceptors (Lipinski definition) is 5. The molecule has 0 aliphatic heterocycles. The molecule has 1 aliphatic rings. The van der Waals surface area contributed by atoms with E-state index in [0.717, 1.165) is 25.7 Å². The molecule has 1 amide bonds. The number of carbonyl (C=O) groups excluding carboxylic acids is 1. The van der Waals surface area contributed by atoms with E-state index in [1.807, 2.05) is 6.92 Å². The number of nitriles is 1. The van der Waals surface area contributed by atoms with Crippen LogP contribution in [0.5, 0.6) is 0 Å². The Morgan fingerprint density at radius 3 is 2.83 bits per heavy atom. The van der Waals surface area contributed by atoms with Gasteiger partial charge in [-0.1, -0.05) is 37.9 Å². The second-order valence-electron chi connectivity index (χ2n) is 5.97. The van der Waals surface area contributed by atoms with Gasteiger partial charge in [0.25, 0.3) is 0 Å². The van der Waals surface area contributed by atoms with Gasteiger partial charge >= 0.3 is 5.69 Å². The van der Waals surface area contributed by atoms with Crippen LogP contribution in [0.25, 0.3) is 0 Å². The lowest BCUT2D eigenvalue weighted by Crippen LogP contribution is -2.51. The highest BCUT2D eigenvalue weighted by Gasteiger charge is 2.35. The van der Waals surface area contributed by atoms with Crippen LogP contribution in [0.1, 0.15) is 52.4 Å². The minimum atomic E-state index is -0.737. The Morgan fingerprint density at radius 1 is 1.52 bits per heavy atom. The minimum Gasteiger partial charge on any atom is -0.337 e. The van der Waals surface area contributed by atoms with Crippen molar-refractivity contribution < 1.29 is 4.79 Å². The summed E-state index contributed by atoms with van der Waals surface area (Å²) in [5.74, 6) is -0.183. The van der Waals surface area contributed by atoms with Gasteiger partial charge in [0.15, 0.2) is 5.16 Å². The SMILES string of the molecule is CCCn1c(S[C@@H](C)C(=O)NC2(C#N)CCCCC2)n[nH]c1=O. The van der Waals surface area contributed by atoms with Crippen molar-refractivity contribution in [1.82, 2.24) is 20.1 Å². The molecule has 0 bridgehead atoms. The number of H-pyrrole nitrogens is 1. The molecule has 1 aliphatic carbocycles. The molecule has 1 fully saturated rings. The fourth-order valence-electron chi connectivity index (χ4n) is 2.78. The molecule has 1 aromatic rings. The maximum absolute atomic E-state index is 12.4. The van der Waals surface area contributed by atoms with Gasteiger partial charge < -0.3 is 5.32 Å². The first kappa shape index (κ1) is 17.6. The molecule has 0 unspecified atom stereocenters. The number of rotatable bonds is 6. The van der Waals surface area contributed by atoms with Crippen LogP contribution in [-0.4, -0.2) is 31.5 Å². The molecule has 0 aromatic carbocycles. The third-order valence-corrected chi connectivity index (χ3v) is 5.20. The van der Waals surface area contributed by atoms with Gasteiger partial charge in [0.1, 0.15) is 5.54 Å². The Kier molecular flexibility index (Phi) is 5.88. The summed E-state index contributed by atoms with van der Waals surface area (Å²) < 4.78 is 1.54. The van der Waals surface area contributed by atoms with Crippen molar-refractivity contribution in [1.29, 1.82) is 5.26 Å². The van der Waals surface area contributed by atoms with Crippen molar-refractivity contribution in [2.24, 2.45) is 0 Å². The van der Waals surface area contributed by atoms with E-state index >= 15 is 0 Å². The predicted octanol–water partition coefficient (Wildman–Crippen LogP) is 1.80. The number of carbonyl (C=O) groups is 1. The van der Waals surface area contributed by atoms with Crippen molar-refractivity contribution in [3.63, 3.8) is 0 Å². The van der Waals surface area contributed by atoms with Gasteiger partial charge in [0.2, 0.25) is 5.91 Å². The van der Waals surface area contributed by atoms with E-state index in [-0.39, 0.29) is 11.6 Å². The monoisotopic (exact) mass is 337 g/mol.